The summed E-state index contributed by atoms with van der Waals surface area (Å²) in [7, 11) is 11.7. The smallest absolute Gasteiger partial charge is 0.193 e. The highest BCUT2D eigenvalue weighted by Crippen LogP contribution is 2.50. The van der Waals surface area contributed by atoms with Crippen molar-refractivity contribution >= 4 is 109 Å². The van der Waals surface area contributed by atoms with E-state index in [0.29, 0.717) is 0 Å². The fraction of sp³-hybridized carbons (Fsp3) is 0.392. The second-order valence-electron chi connectivity index (χ2n) is 19.1. The number of anilines is 1. The van der Waals surface area contributed by atoms with Crippen LogP contribution in [0.1, 0.15) is 92.2 Å². The predicted octanol–water partition coefficient (Wildman–Crippen LogP) is 13.4. The number of rotatable bonds is 11. The number of nitrogen functional groups attached to an aromatic ring is 1. The van der Waals surface area contributed by atoms with Crippen molar-refractivity contribution < 1.29 is 8.85 Å². The molecule has 0 spiro atoms. The normalized spacial score (nSPS) is 15.3. The molecule has 6 rings (SSSR count). The molecule has 2 aliphatic heterocycles. The van der Waals surface area contributed by atoms with Crippen LogP contribution in [0, 0.1) is 0 Å². The fourth-order valence-electron chi connectivity index (χ4n) is 7.13. The lowest BCUT2D eigenvalue weighted by Crippen LogP contribution is -2.49. The number of halogens is 1. The van der Waals surface area contributed by atoms with Crippen LogP contribution in [0.5, 0.6) is 0 Å². The fourth-order valence-corrected chi connectivity index (χ4v) is 10.6. The van der Waals surface area contributed by atoms with Crippen molar-refractivity contribution in [2.45, 2.75) is 129 Å². The van der Waals surface area contributed by atoms with E-state index in [9.17, 15) is 0 Å². The van der Waals surface area contributed by atoms with Crippen LogP contribution in [-0.4, -0.2) is 65.7 Å². The number of hydrogen-bond acceptors (Lipinski definition) is 5. The molecule has 2 atom stereocenters. The average Bonchev–Trinajstić information content (AvgIpc) is 3.99. The summed E-state index contributed by atoms with van der Waals surface area (Å²) in [5, 5.41) is 5.04. The van der Waals surface area contributed by atoms with Gasteiger partial charge >= 0.3 is 0 Å². The number of aliphatic imine (C=N–C) groups is 2. The summed E-state index contributed by atoms with van der Waals surface area (Å²) in [6, 6.07) is 25.6. The van der Waals surface area contributed by atoms with Gasteiger partial charge in [0.1, 0.15) is 11.2 Å². The number of benzene rings is 4. The van der Waals surface area contributed by atoms with Gasteiger partial charge in [-0.2, -0.15) is 0 Å². The zero-order valence-corrected chi connectivity index (χ0v) is 44.1. The molecule has 0 saturated carbocycles. The Kier molecular flexibility index (Phi) is 19.7. The lowest BCUT2D eigenvalue weighted by atomic mass is 8.97. The molecule has 7 radical (unpaired) electrons. The minimum absolute atomic E-state index is 0.111. The summed E-state index contributed by atoms with van der Waals surface area (Å²) in [6.45, 7) is 33.9. The van der Waals surface area contributed by atoms with Gasteiger partial charge in [-0.15, -0.1) is 0 Å². The molecule has 0 aromatic heterocycles. The van der Waals surface area contributed by atoms with Crippen molar-refractivity contribution in [3.8, 4) is 0 Å². The molecule has 4 aromatic rings. The molecule has 0 fully saturated rings. The van der Waals surface area contributed by atoms with Crippen LogP contribution in [0.15, 0.2) is 141 Å². The van der Waals surface area contributed by atoms with Crippen LogP contribution in [-0.2, 0) is 20.1 Å². The van der Waals surface area contributed by atoms with Crippen molar-refractivity contribution in [1.82, 2.24) is 0 Å². The van der Waals surface area contributed by atoms with Crippen LogP contribution >= 0.6 is 15.9 Å². The van der Waals surface area contributed by atoms with E-state index in [1.54, 1.807) is 0 Å². The van der Waals surface area contributed by atoms with Gasteiger partial charge in [-0.25, -0.2) is 0 Å². The van der Waals surface area contributed by atoms with E-state index in [1.165, 1.54) is 34.3 Å². The molecular formula is C51H66B5BrN3O2Si2. The second-order valence-corrected chi connectivity index (χ2v) is 29.4. The largest absolute Gasteiger partial charge is 0.402 e. The summed E-state index contributed by atoms with van der Waals surface area (Å²) in [5.41, 5.74) is 17.4. The second kappa shape index (κ2) is 23.1. The van der Waals surface area contributed by atoms with Gasteiger partial charge in [0.2, 0.25) is 0 Å². The predicted molar refractivity (Wildman–Crippen MR) is 293 cm³/mol. The van der Waals surface area contributed by atoms with Crippen molar-refractivity contribution in [1.29, 1.82) is 0 Å². The maximum absolute atomic E-state index is 7.20. The zero-order chi connectivity index (χ0) is 48.1. The summed E-state index contributed by atoms with van der Waals surface area (Å²) in [5.74, 6) is 0. The van der Waals surface area contributed by atoms with E-state index in [2.05, 4.69) is 207 Å². The van der Waals surface area contributed by atoms with E-state index in [4.69, 9.17) is 47.8 Å². The van der Waals surface area contributed by atoms with Crippen LogP contribution in [0.2, 0.25) is 36.3 Å². The monoisotopic (exact) mass is 942 g/mol. The Morgan fingerprint density at radius 2 is 1.12 bits per heavy atom. The zero-order valence-electron chi connectivity index (χ0n) is 40.5. The number of nitrogens with two attached hydrogens (primary N) is 1. The SMILES string of the molecule is C=C=C=C=C.CCC(O[Si](C)(C)C(C)(C)C)(C1=CCC=N1)c1cccc2ccc(Br)cc12.CCC(O[Si](C)(C)C(C)(C)C)(C1=CCC=N1)c1cccc2ccc(N)cc12.[B][B]B([B])[B]. The Balaban J connectivity index is 0.000000281. The minimum Gasteiger partial charge on any atom is -0.402 e. The molecule has 0 amide bonds. The average molecular weight is 943 g/mol. The summed E-state index contributed by atoms with van der Waals surface area (Å²) >= 11 is 3.66. The molecule has 327 valence electrons. The summed E-state index contributed by atoms with van der Waals surface area (Å²) in [6.07, 6.45) is 11.4. The van der Waals surface area contributed by atoms with Crippen LogP contribution < -0.4 is 5.73 Å². The van der Waals surface area contributed by atoms with E-state index in [0.717, 1.165) is 52.6 Å². The third-order valence-corrected chi connectivity index (χ3v) is 22.0. The van der Waals surface area contributed by atoms with Crippen LogP contribution in [0.3, 0.4) is 0 Å². The van der Waals surface area contributed by atoms with Crippen molar-refractivity contribution in [3.05, 3.63) is 142 Å². The molecule has 2 N–H and O–H groups in total. The first-order valence-corrected chi connectivity index (χ1v) is 28.7. The third kappa shape index (κ3) is 13.2. The minimum atomic E-state index is -2.06. The lowest BCUT2D eigenvalue weighted by Gasteiger charge is -2.46. The third-order valence-electron chi connectivity index (χ3n) is 12.6. The molecule has 0 bridgehead atoms. The molecule has 5 nitrogen and oxygen atoms in total. The Labute approximate surface area is 401 Å². The highest BCUT2D eigenvalue weighted by molar-refractivity contribution is 9.10. The van der Waals surface area contributed by atoms with E-state index < -0.39 is 34.2 Å². The van der Waals surface area contributed by atoms with Crippen molar-refractivity contribution in [3.63, 3.8) is 0 Å². The quantitative estimate of drug-likeness (QED) is 0.0925. The highest BCUT2D eigenvalue weighted by Gasteiger charge is 2.49. The maximum Gasteiger partial charge on any atom is 0.193 e. The van der Waals surface area contributed by atoms with Gasteiger partial charge < -0.3 is 14.6 Å². The standard InChI is InChI=1S/C23H30BrNOSi.C23H32N2OSi.C5H4.B5/c2*1-7-23(21-12-9-15-25-21,26-27(5,6)22(2,3)4)20-11-8-10-17-13-14-18(24)16-19(17)20;1-3-5-4-2;1-4-5(2)3/h8,10-16H,7,9H2,1-6H3;8,10-16H,7,9,24H2,1-6H3;1-2H2;. The first kappa shape index (κ1) is 54.6. The van der Waals surface area contributed by atoms with Gasteiger partial charge in [0, 0.05) is 72.1 Å². The van der Waals surface area contributed by atoms with Gasteiger partial charge in [-0.1, -0.05) is 143 Å². The Bertz CT molecular complexity index is 2310. The number of nitrogens with zero attached hydrogens (tertiary/aromatic N) is 2. The molecule has 0 aliphatic carbocycles. The lowest BCUT2D eigenvalue weighted by molar-refractivity contribution is 0.0839. The first-order valence-electron chi connectivity index (χ1n) is 22.1. The van der Waals surface area contributed by atoms with Crippen molar-refractivity contribution in [2.75, 3.05) is 5.73 Å². The van der Waals surface area contributed by atoms with Gasteiger partial charge in [-0.3, -0.25) is 9.98 Å². The van der Waals surface area contributed by atoms with Gasteiger partial charge in [0.15, 0.2) is 16.6 Å². The highest BCUT2D eigenvalue weighted by atomic mass is 79.9. The molecule has 13 heteroatoms. The Hall–Kier alpha value is -3.74. The molecule has 2 unspecified atom stereocenters. The van der Waals surface area contributed by atoms with Crippen LogP contribution in [0.25, 0.3) is 21.5 Å². The molecule has 2 heterocycles. The Morgan fingerprint density at radius 1 is 0.719 bits per heavy atom. The van der Waals surface area contributed by atoms with Gasteiger partial charge in [0.05, 0.1) is 11.4 Å². The van der Waals surface area contributed by atoms with Crippen LogP contribution in [0.4, 0.5) is 5.69 Å². The van der Waals surface area contributed by atoms with E-state index in [-0.39, 0.29) is 10.1 Å². The van der Waals surface area contributed by atoms with Crippen molar-refractivity contribution in [2.24, 2.45) is 9.98 Å². The topological polar surface area (TPSA) is 69.2 Å². The van der Waals surface area contributed by atoms with E-state index in [1.807, 2.05) is 18.5 Å². The number of fused-ring (bicyclic) bond motifs is 2. The summed E-state index contributed by atoms with van der Waals surface area (Å²) < 4.78 is 15.5. The summed E-state index contributed by atoms with van der Waals surface area (Å²) in [4.78, 5) is 9.53. The van der Waals surface area contributed by atoms with Gasteiger partial charge in [-0.05, 0) is 125 Å². The molecule has 4 aromatic carbocycles. The number of allylic oxidation sites excluding steroid dienone is 2. The number of hydrogen-bond donors (Lipinski definition) is 1. The van der Waals surface area contributed by atoms with Gasteiger partial charge in [0.25, 0.3) is 0 Å². The molecule has 64 heavy (non-hydrogen) atoms. The molecular weight excluding hydrogens is 877 g/mol. The Morgan fingerprint density at radius 3 is 1.45 bits per heavy atom. The molecule has 2 aliphatic rings. The van der Waals surface area contributed by atoms with E-state index >= 15 is 0 Å². The first-order chi connectivity index (χ1) is 29.9. The maximum atomic E-state index is 7.20. The molecule has 0 saturated heterocycles.